The largest absolute Gasteiger partial charge is 0.395 e. The van der Waals surface area contributed by atoms with Crippen molar-refractivity contribution in [3.05, 3.63) is 75.4 Å². The van der Waals surface area contributed by atoms with Gasteiger partial charge in [0.25, 0.3) is 0 Å². The van der Waals surface area contributed by atoms with Gasteiger partial charge < -0.3 is 15.3 Å². The van der Waals surface area contributed by atoms with E-state index in [0.717, 1.165) is 11.1 Å². The number of aromatic nitrogens is 1. The standard InChI is InChI=1S/C24H24Cl3N3O2/c1-24(2,15-10-16(25)12-17(26)11-15)23(32)30(3)21-14-29-22(28-8-9-31)13-19(21)18-6-4-5-7-20(18)27/h4-7,10-14,31H,8-9H2,1-3H3,(H,28,29). The van der Waals surface area contributed by atoms with Crippen molar-refractivity contribution in [2.75, 3.05) is 30.4 Å². The summed E-state index contributed by atoms with van der Waals surface area (Å²) in [5, 5.41) is 13.7. The summed E-state index contributed by atoms with van der Waals surface area (Å²) in [7, 11) is 1.70. The number of hydrogen-bond donors (Lipinski definition) is 2. The summed E-state index contributed by atoms with van der Waals surface area (Å²) in [5.74, 6) is 0.404. The van der Waals surface area contributed by atoms with Gasteiger partial charge in [-0.2, -0.15) is 0 Å². The van der Waals surface area contributed by atoms with Crippen LogP contribution in [0.2, 0.25) is 15.1 Å². The van der Waals surface area contributed by atoms with Crippen LogP contribution in [0.5, 0.6) is 0 Å². The number of aliphatic hydroxyl groups is 1. The van der Waals surface area contributed by atoms with Gasteiger partial charge >= 0.3 is 0 Å². The highest BCUT2D eigenvalue weighted by Gasteiger charge is 2.34. The van der Waals surface area contributed by atoms with Gasteiger partial charge in [0.05, 0.1) is 23.9 Å². The van der Waals surface area contributed by atoms with Crippen molar-refractivity contribution in [3.8, 4) is 11.1 Å². The van der Waals surface area contributed by atoms with Crippen molar-refractivity contribution in [2.24, 2.45) is 0 Å². The number of carbonyl (C=O) groups is 1. The highest BCUT2D eigenvalue weighted by molar-refractivity contribution is 6.35. The second-order valence-electron chi connectivity index (χ2n) is 7.86. The zero-order chi connectivity index (χ0) is 23.5. The van der Waals surface area contributed by atoms with E-state index in [-0.39, 0.29) is 12.5 Å². The minimum Gasteiger partial charge on any atom is -0.395 e. The first-order chi connectivity index (χ1) is 15.1. The van der Waals surface area contributed by atoms with Gasteiger partial charge in [-0.05, 0) is 49.7 Å². The predicted molar refractivity (Wildman–Crippen MR) is 133 cm³/mol. The van der Waals surface area contributed by atoms with E-state index >= 15 is 0 Å². The lowest BCUT2D eigenvalue weighted by atomic mass is 9.83. The first kappa shape index (κ1) is 24.3. The lowest BCUT2D eigenvalue weighted by molar-refractivity contribution is -0.122. The minimum atomic E-state index is -0.908. The molecule has 1 amide bonds. The van der Waals surface area contributed by atoms with Gasteiger partial charge in [0.1, 0.15) is 5.82 Å². The molecule has 1 heterocycles. The van der Waals surface area contributed by atoms with E-state index in [4.69, 9.17) is 39.9 Å². The highest BCUT2D eigenvalue weighted by Crippen LogP contribution is 2.38. The monoisotopic (exact) mass is 491 g/mol. The van der Waals surface area contributed by atoms with Crippen LogP contribution in [0.15, 0.2) is 54.7 Å². The number of amides is 1. The van der Waals surface area contributed by atoms with E-state index in [1.165, 1.54) is 0 Å². The molecular weight excluding hydrogens is 469 g/mol. The van der Waals surface area contributed by atoms with Crippen LogP contribution in [0.3, 0.4) is 0 Å². The number of anilines is 2. The van der Waals surface area contributed by atoms with Gasteiger partial charge in [0.2, 0.25) is 5.91 Å². The molecule has 5 nitrogen and oxygen atoms in total. The Hall–Kier alpha value is -2.31. The molecule has 0 fully saturated rings. The molecule has 0 unspecified atom stereocenters. The molecule has 0 spiro atoms. The molecule has 168 valence electrons. The van der Waals surface area contributed by atoms with Crippen LogP contribution in [0.4, 0.5) is 11.5 Å². The second kappa shape index (κ2) is 10.1. The van der Waals surface area contributed by atoms with Crippen molar-refractivity contribution in [1.82, 2.24) is 4.98 Å². The van der Waals surface area contributed by atoms with Crippen LogP contribution >= 0.6 is 34.8 Å². The third-order valence-electron chi connectivity index (χ3n) is 5.25. The average molecular weight is 493 g/mol. The molecule has 0 radical (unpaired) electrons. The number of nitrogens with one attached hydrogen (secondary N) is 1. The molecule has 2 aromatic carbocycles. The molecule has 8 heteroatoms. The fourth-order valence-electron chi connectivity index (χ4n) is 3.46. The van der Waals surface area contributed by atoms with Gasteiger partial charge in [-0.3, -0.25) is 4.79 Å². The Balaban J connectivity index is 2.07. The van der Waals surface area contributed by atoms with E-state index in [1.54, 1.807) is 42.4 Å². The summed E-state index contributed by atoms with van der Waals surface area (Å²) in [6.07, 6.45) is 1.62. The van der Waals surface area contributed by atoms with E-state index in [9.17, 15) is 4.79 Å². The fraction of sp³-hybridized carbons (Fsp3) is 0.250. The van der Waals surface area contributed by atoms with Crippen molar-refractivity contribution in [1.29, 1.82) is 0 Å². The summed E-state index contributed by atoms with van der Waals surface area (Å²) < 4.78 is 0. The summed E-state index contributed by atoms with van der Waals surface area (Å²) in [6, 6.07) is 14.3. The predicted octanol–water partition coefficient (Wildman–Crippen LogP) is 6.05. The molecule has 32 heavy (non-hydrogen) atoms. The molecule has 0 aliphatic rings. The second-order valence-corrected chi connectivity index (χ2v) is 9.14. The minimum absolute atomic E-state index is 0.0281. The summed E-state index contributed by atoms with van der Waals surface area (Å²) in [4.78, 5) is 19.6. The van der Waals surface area contributed by atoms with Crippen molar-refractivity contribution >= 4 is 52.2 Å². The Labute approximate surface area is 202 Å². The van der Waals surface area contributed by atoms with Crippen molar-refractivity contribution < 1.29 is 9.90 Å². The third kappa shape index (κ3) is 5.18. The van der Waals surface area contributed by atoms with E-state index in [2.05, 4.69) is 10.3 Å². The summed E-state index contributed by atoms with van der Waals surface area (Å²) >= 11 is 18.8. The van der Waals surface area contributed by atoms with Crippen LogP contribution in [0, 0.1) is 0 Å². The molecule has 0 aliphatic carbocycles. The molecule has 0 saturated heterocycles. The number of nitrogens with zero attached hydrogens (tertiary/aromatic N) is 2. The maximum absolute atomic E-state index is 13.6. The van der Waals surface area contributed by atoms with Crippen molar-refractivity contribution in [3.63, 3.8) is 0 Å². The topological polar surface area (TPSA) is 65.5 Å². The lowest BCUT2D eigenvalue weighted by Crippen LogP contribution is -2.41. The fourth-order valence-corrected chi connectivity index (χ4v) is 4.22. The first-order valence-corrected chi connectivity index (χ1v) is 11.1. The van der Waals surface area contributed by atoms with E-state index < -0.39 is 5.41 Å². The average Bonchev–Trinajstić information content (AvgIpc) is 2.76. The molecule has 1 aromatic heterocycles. The molecular formula is C24H24Cl3N3O2. The number of benzene rings is 2. The molecule has 3 aromatic rings. The molecule has 3 rings (SSSR count). The van der Waals surface area contributed by atoms with Crippen LogP contribution in [-0.4, -0.2) is 36.2 Å². The van der Waals surface area contributed by atoms with Crippen LogP contribution in [-0.2, 0) is 10.2 Å². The quantitative estimate of drug-likeness (QED) is 0.421. The van der Waals surface area contributed by atoms with E-state index in [0.29, 0.717) is 38.7 Å². The molecule has 2 N–H and O–H groups in total. The zero-order valence-electron chi connectivity index (χ0n) is 18.0. The molecule has 0 atom stereocenters. The van der Waals surface area contributed by atoms with Crippen LogP contribution in [0.25, 0.3) is 11.1 Å². The Morgan fingerprint density at radius 2 is 1.72 bits per heavy atom. The zero-order valence-corrected chi connectivity index (χ0v) is 20.3. The number of hydrogen-bond acceptors (Lipinski definition) is 4. The molecule has 0 saturated carbocycles. The maximum atomic E-state index is 13.6. The Morgan fingerprint density at radius 3 is 2.34 bits per heavy atom. The lowest BCUT2D eigenvalue weighted by Gasteiger charge is -2.31. The van der Waals surface area contributed by atoms with Crippen LogP contribution in [0.1, 0.15) is 19.4 Å². The van der Waals surface area contributed by atoms with Gasteiger partial charge in [-0.1, -0.05) is 53.0 Å². The number of pyridine rings is 1. The third-order valence-corrected chi connectivity index (χ3v) is 6.02. The number of carbonyl (C=O) groups excluding carboxylic acids is 1. The number of aliphatic hydroxyl groups excluding tert-OH is 1. The summed E-state index contributed by atoms with van der Waals surface area (Å²) in [5.41, 5.74) is 1.90. The highest BCUT2D eigenvalue weighted by atomic mass is 35.5. The van der Waals surface area contributed by atoms with Gasteiger partial charge in [0.15, 0.2) is 0 Å². The Kier molecular flexibility index (Phi) is 7.67. The summed E-state index contributed by atoms with van der Waals surface area (Å²) in [6.45, 7) is 3.98. The number of halogens is 3. The van der Waals surface area contributed by atoms with Crippen LogP contribution < -0.4 is 10.2 Å². The number of rotatable bonds is 7. The smallest absolute Gasteiger partial charge is 0.236 e. The Morgan fingerprint density at radius 1 is 1.06 bits per heavy atom. The van der Waals surface area contributed by atoms with Gasteiger partial charge in [-0.25, -0.2) is 4.98 Å². The van der Waals surface area contributed by atoms with Gasteiger partial charge in [0, 0.05) is 39.8 Å². The molecule has 0 aliphatic heterocycles. The van der Waals surface area contributed by atoms with Crippen molar-refractivity contribution in [2.45, 2.75) is 19.3 Å². The van der Waals surface area contributed by atoms with Gasteiger partial charge in [-0.15, -0.1) is 0 Å². The van der Waals surface area contributed by atoms with E-state index in [1.807, 2.05) is 38.1 Å². The normalized spacial score (nSPS) is 11.3. The first-order valence-electron chi connectivity index (χ1n) is 9.99. The SMILES string of the molecule is CN(C(=O)C(C)(C)c1cc(Cl)cc(Cl)c1)c1cnc(NCCO)cc1-c1ccccc1Cl. The Bertz CT molecular complexity index is 1110. The molecule has 0 bridgehead atoms. The number of likely N-dealkylation sites (N-methyl/N-ethyl adjacent to an activating group) is 1. The maximum Gasteiger partial charge on any atom is 0.236 e.